The summed E-state index contributed by atoms with van der Waals surface area (Å²) in [4.78, 5) is 0. The summed E-state index contributed by atoms with van der Waals surface area (Å²) in [7, 11) is 0. The number of hydrogen-bond acceptors (Lipinski definition) is 1. The van der Waals surface area contributed by atoms with E-state index in [1.807, 2.05) is 12.1 Å². The largest absolute Gasteiger partial charge is 0.309 e. The van der Waals surface area contributed by atoms with Crippen LogP contribution in [-0.4, -0.2) is 6.04 Å². The van der Waals surface area contributed by atoms with Crippen LogP contribution in [0.15, 0.2) is 18.2 Å². The molecular formula is C17H23Cl2N. The van der Waals surface area contributed by atoms with Gasteiger partial charge in [-0.1, -0.05) is 44.0 Å². The highest BCUT2D eigenvalue weighted by molar-refractivity contribution is 6.34. The summed E-state index contributed by atoms with van der Waals surface area (Å²) in [6, 6.07) is 6.39. The van der Waals surface area contributed by atoms with Crippen molar-refractivity contribution in [3.05, 3.63) is 33.8 Å². The van der Waals surface area contributed by atoms with Crippen LogP contribution in [0.5, 0.6) is 0 Å². The molecule has 2 aliphatic rings. The van der Waals surface area contributed by atoms with Crippen molar-refractivity contribution in [1.82, 2.24) is 5.32 Å². The Hall–Kier alpha value is -0.240. The van der Waals surface area contributed by atoms with Gasteiger partial charge in [0.2, 0.25) is 0 Å². The van der Waals surface area contributed by atoms with E-state index >= 15 is 0 Å². The average Bonchev–Trinajstić information content (AvgIpc) is 2.67. The Morgan fingerprint density at radius 3 is 2.30 bits per heavy atom. The van der Waals surface area contributed by atoms with E-state index < -0.39 is 0 Å². The summed E-state index contributed by atoms with van der Waals surface area (Å²) < 4.78 is 0. The van der Waals surface area contributed by atoms with Gasteiger partial charge in [-0.05, 0) is 59.8 Å². The second kappa shape index (κ2) is 4.90. The zero-order valence-corrected chi connectivity index (χ0v) is 14.0. The molecule has 3 rings (SSSR count). The van der Waals surface area contributed by atoms with E-state index in [2.05, 4.69) is 26.1 Å². The minimum absolute atomic E-state index is 0.417. The van der Waals surface area contributed by atoms with E-state index in [9.17, 15) is 0 Å². The predicted octanol–water partition coefficient (Wildman–Crippen LogP) is 5.30. The van der Waals surface area contributed by atoms with Gasteiger partial charge >= 0.3 is 0 Å². The topological polar surface area (TPSA) is 12.0 Å². The molecule has 0 radical (unpaired) electrons. The maximum atomic E-state index is 6.07. The van der Waals surface area contributed by atoms with Gasteiger partial charge in [-0.25, -0.2) is 0 Å². The molecular weight excluding hydrogens is 289 g/mol. The van der Waals surface area contributed by atoms with Gasteiger partial charge in [0.1, 0.15) is 0 Å². The van der Waals surface area contributed by atoms with Gasteiger partial charge in [0.25, 0.3) is 0 Å². The molecule has 1 N–H and O–H groups in total. The van der Waals surface area contributed by atoms with Gasteiger partial charge in [-0.2, -0.15) is 0 Å². The van der Waals surface area contributed by atoms with E-state index in [1.165, 1.54) is 24.8 Å². The minimum Gasteiger partial charge on any atom is -0.309 e. The second-order valence-corrected chi connectivity index (χ2v) is 8.19. The van der Waals surface area contributed by atoms with Crippen molar-refractivity contribution >= 4 is 23.2 Å². The molecule has 0 spiro atoms. The second-order valence-electron chi connectivity index (χ2n) is 7.32. The van der Waals surface area contributed by atoms with Crippen molar-refractivity contribution in [2.75, 3.05) is 0 Å². The highest BCUT2D eigenvalue weighted by Crippen LogP contribution is 2.65. The van der Waals surface area contributed by atoms with E-state index in [-0.39, 0.29) is 0 Å². The molecule has 0 aromatic heterocycles. The number of halogens is 2. The first kappa shape index (κ1) is 14.7. The van der Waals surface area contributed by atoms with Crippen LogP contribution in [0.2, 0.25) is 10.0 Å². The highest BCUT2D eigenvalue weighted by atomic mass is 35.5. The Morgan fingerprint density at radius 2 is 1.80 bits per heavy atom. The van der Waals surface area contributed by atoms with E-state index in [0.29, 0.717) is 26.9 Å². The molecule has 0 aliphatic heterocycles. The molecule has 2 fully saturated rings. The lowest BCUT2D eigenvalue weighted by atomic mass is 9.69. The van der Waals surface area contributed by atoms with Crippen molar-refractivity contribution < 1.29 is 0 Å². The highest BCUT2D eigenvalue weighted by Gasteiger charge is 2.60. The Balaban J connectivity index is 1.71. The molecule has 2 bridgehead atoms. The van der Waals surface area contributed by atoms with Crippen LogP contribution in [0.1, 0.15) is 45.6 Å². The summed E-state index contributed by atoms with van der Waals surface area (Å²) in [5.41, 5.74) is 2.04. The van der Waals surface area contributed by atoms with Gasteiger partial charge in [0, 0.05) is 22.6 Å². The Bertz CT molecular complexity index is 505. The standard InChI is InChI=1S/C17H23Cl2N/c1-16(2)12-4-5-17(16,3)15(8-12)20-10-11-6-13(18)9-14(19)7-11/h6-7,9,12,15,20H,4-5,8,10H2,1-3H3. The van der Waals surface area contributed by atoms with Gasteiger partial charge in [-0.15, -0.1) is 0 Å². The summed E-state index contributed by atoms with van der Waals surface area (Å²) >= 11 is 12.1. The van der Waals surface area contributed by atoms with Crippen molar-refractivity contribution in [3.63, 3.8) is 0 Å². The summed E-state index contributed by atoms with van der Waals surface area (Å²) in [6.07, 6.45) is 4.04. The Labute approximate surface area is 132 Å². The van der Waals surface area contributed by atoms with Crippen LogP contribution in [0, 0.1) is 16.7 Å². The predicted molar refractivity (Wildman–Crippen MR) is 86.3 cm³/mol. The van der Waals surface area contributed by atoms with Crippen LogP contribution >= 0.6 is 23.2 Å². The Kier molecular flexibility index (Phi) is 3.60. The van der Waals surface area contributed by atoms with Crippen LogP contribution in [-0.2, 0) is 6.54 Å². The average molecular weight is 312 g/mol. The van der Waals surface area contributed by atoms with Crippen LogP contribution < -0.4 is 5.32 Å². The molecule has 3 unspecified atom stereocenters. The van der Waals surface area contributed by atoms with Gasteiger partial charge in [-0.3, -0.25) is 0 Å². The maximum absolute atomic E-state index is 6.07. The molecule has 110 valence electrons. The minimum atomic E-state index is 0.417. The number of rotatable bonds is 3. The maximum Gasteiger partial charge on any atom is 0.0424 e. The normalized spacial score (nSPS) is 34.6. The zero-order chi connectivity index (χ0) is 14.5. The molecule has 1 aromatic carbocycles. The monoisotopic (exact) mass is 311 g/mol. The van der Waals surface area contributed by atoms with E-state index in [4.69, 9.17) is 23.2 Å². The van der Waals surface area contributed by atoms with Gasteiger partial charge in [0.05, 0.1) is 0 Å². The first-order chi connectivity index (χ1) is 9.33. The fourth-order valence-electron chi connectivity index (χ4n) is 4.47. The third kappa shape index (κ3) is 2.19. The molecule has 3 atom stereocenters. The molecule has 2 aliphatic carbocycles. The molecule has 2 saturated carbocycles. The van der Waals surface area contributed by atoms with Crippen molar-refractivity contribution in [2.24, 2.45) is 16.7 Å². The zero-order valence-electron chi connectivity index (χ0n) is 12.5. The number of fused-ring (bicyclic) bond motifs is 2. The fourth-order valence-corrected chi connectivity index (χ4v) is 5.04. The van der Waals surface area contributed by atoms with Crippen molar-refractivity contribution in [1.29, 1.82) is 0 Å². The van der Waals surface area contributed by atoms with Gasteiger partial charge < -0.3 is 5.32 Å². The van der Waals surface area contributed by atoms with Gasteiger partial charge in [0.15, 0.2) is 0 Å². The molecule has 1 aromatic rings. The van der Waals surface area contributed by atoms with Crippen LogP contribution in [0.25, 0.3) is 0 Å². The third-order valence-electron chi connectivity index (χ3n) is 6.27. The molecule has 0 amide bonds. The lowest BCUT2D eigenvalue weighted by Gasteiger charge is -2.39. The number of benzene rings is 1. The first-order valence-corrected chi connectivity index (χ1v) is 8.27. The molecule has 0 heterocycles. The van der Waals surface area contributed by atoms with Crippen molar-refractivity contribution in [2.45, 2.75) is 52.6 Å². The summed E-state index contributed by atoms with van der Waals surface area (Å²) in [6.45, 7) is 8.21. The quantitative estimate of drug-likeness (QED) is 0.799. The number of hydrogen-bond donors (Lipinski definition) is 1. The molecule has 20 heavy (non-hydrogen) atoms. The molecule has 0 saturated heterocycles. The smallest absolute Gasteiger partial charge is 0.0424 e. The number of nitrogens with one attached hydrogen (secondary N) is 1. The Morgan fingerprint density at radius 1 is 1.15 bits per heavy atom. The fraction of sp³-hybridized carbons (Fsp3) is 0.647. The lowest BCUT2D eigenvalue weighted by molar-refractivity contribution is 0.120. The van der Waals surface area contributed by atoms with Crippen molar-refractivity contribution in [3.8, 4) is 0 Å². The van der Waals surface area contributed by atoms with Crippen LogP contribution in [0.3, 0.4) is 0 Å². The molecule has 1 nitrogen and oxygen atoms in total. The van der Waals surface area contributed by atoms with E-state index in [0.717, 1.165) is 12.5 Å². The van der Waals surface area contributed by atoms with E-state index in [1.54, 1.807) is 6.07 Å². The third-order valence-corrected chi connectivity index (χ3v) is 6.71. The lowest BCUT2D eigenvalue weighted by Crippen LogP contribution is -2.44. The SMILES string of the molecule is CC1(C)C2CCC1(C)C(NCc1cc(Cl)cc(Cl)c1)C2. The summed E-state index contributed by atoms with van der Waals surface area (Å²) in [5, 5.41) is 5.20. The molecule has 3 heteroatoms. The summed E-state index contributed by atoms with van der Waals surface area (Å²) in [5.74, 6) is 0.868. The van der Waals surface area contributed by atoms with Crippen LogP contribution in [0.4, 0.5) is 0 Å². The first-order valence-electron chi connectivity index (χ1n) is 7.51.